The highest BCUT2D eigenvalue weighted by atomic mass is 32.1. The minimum atomic E-state index is -1.12. The third-order valence-electron chi connectivity index (χ3n) is 8.21. The number of carboxylic acids is 1. The summed E-state index contributed by atoms with van der Waals surface area (Å²) in [6.07, 6.45) is -2.10. The summed E-state index contributed by atoms with van der Waals surface area (Å²) in [6.45, 7) is 17.2. The summed E-state index contributed by atoms with van der Waals surface area (Å²) in [5.41, 5.74) is 9.19. The molecule has 312 valence electrons. The van der Waals surface area contributed by atoms with Crippen LogP contribution in [0.3, 0.4) is 0 Å². The Labute approximate surface area is 351 Å². The molecule has 6 rings (SSSR count). The number of hydrogen-bond donors (Lipinski definition) is 9. The van der Waals surface area contributed by atoms with Gasteiger partial charge in [0.05, 0.1) is 25.4 Å². The molecule has 60 heavy (non-hydrogen) atoms. The molecule has 4 atom stereocenters. The van der Waals surface area contributed by atoms with Gasteiger partial charge in [0.2, 0.25) is 11.4 Å². The molecule has 0 fully saturated rings. The van der Waals surface area contributed by atoms with E-state index in [0.717, 1.165) is 32.3 Å². The zero-order valence-corrected chi connectivity index (χ0v) is 32.7. The molecular weight excluding hydrogens is 819 g/mol. The van der Waals surface area contributed by atoms with E-state index < -0.39 is 53.8 Å². The summed E-state index contributed by atoms with van der Waals surface area (Å²) in [5, 5.41) is 39.6. The van der Waals surface area contributed by atoms with Gasteiger partial charge in [0.25, 0.3) is 17.7 Å². The first kappa shape index (κ1) is 47.4. The molecule has 0 radical (unpaired) electrons. The lowest BCUT2D eigenvalue weighted by Crippen LogP contribution is -2.52. The number of halogens is 2. The first-order chi connectivity index (χ1) is 28.2. The molecule has 0 aliphatic heterocycles. The van der Waals surface area contributed by atoms with Crippen LogP contribution in [-0.2, 0) is 9.59 Å². The molecule has 0 aliphatic carbocycles. The van der Waals surface area contributed by atoms with E-state index in [-0.39, 0.29) is 18.8 Å². The zero-order valence-electron chi connectivity index (χ0n) is 31.1. The lowest BCUT2D eigenvalue weighted by atomic mass is 10.1. The number of nitrogen functional groups attached to an aromatic ring is 1. The minimum absolute atomic E-state index is 0. The number of hydrazine groups is 2. The van der Waals surface area contributed by atoms with Gasteiger partial charge in [0.15, 0.2) is 6.04 Å². The monoisotopic (exact) mass is 858 g/mol. The Hall–Kier alpha value is -7.00. The second-order valence-electron chi connectivity index (χ2n) is 12.3. The fourth-order valence-electron chi connectivity index (χ4n) is 5.21. The number of nitrogens with zero attached hydrogens (tertiary/aromatic N) is 2. The third-order valence-corrected chi connectivity index (χ3v) is 10.1. The first-order valence-electron chi connectivity index (χ1n) is 17.2. The van der Waals surface area contributed by atoms with Crippen molar-refractivity contribution in [1.29, 1.82) is 0 Å². The number of carboxylic acid groups (broad SMARTS) is 1. The molecule has 0 bridgehead atoms. The van der Waals surface area contributed by atoms with Crippen molar-refractivity contribution >= 4 is 89.3 Å². The normalized spacial score (nSPS) is 12.2. The molecule has 0 unspecified atom stereocenters. The predicted octanol–water partition coefficient (Wildman–Crippen LogP) is 6.98. The number of anilines is 2. The number of amides is 3. The van der Waals surface area contributed by atoms with Gasteiger partial charge in [-0.05, 0) is 97.4 Å². The quantitative estimate of drug-likeness (QED) is 0.0298. The highest BCUT2D eigenvalue weighted by Gasteiger charge is 2.26. The van der Waals surface area contributed by atoms with Crippen molar-refractivity contribution in [3.63, 3.8) is 0 Å². The van der Waals surface area contributed by atoms with Gasteiger partial charge in [-0.25, -0.2) is 29.1 Å². The number of hydrogen-bond acceptors (Lipinski definition) is 11. The number of carbonyl (C=O) groups is 4. The molecule has 15 nitrogen and oxygen atoms in total. The fraction of sp³-hybridized carbons (Fsp3) is 0.171. The van der Waals surface area contributed by atoms with E-state index in [1.54, 1.807) is 24.3 Å². The Kier molecular flexibility index (Phi) is 17.6. The molecule has 3 amide bonds. The Morgan fingerprint density at radius 3 is 1.45 bits per heavy atom. The first-order valence-corrected chi connectivity index (χ1v) is 18.9. The van der Waals surface area contributed by atoms with Crippen molar-refractivity contribution in [1.82, 2.24) is 16.3 Å². The maximum atomic E-state index is 12.9. The van der Waals surface area contributed by atoms with Gasteiger partial charge in [-0.1, -0.05) is 19.6 Å². The van der Waals surface area contributed by atoms with Crippen LogP contribution >= 0.6 is 22.7 Å². The number of thiophene rings is 2. The average Bonchev–Trinajstić information content (AvgIpc) is 3.93. The van der Waals surface area contributed by atoms with Crippen molar-refractivity contribution in [3.05, 3.63) is 141 Å². The summed E-state index contributed by atoms with van der Waals surface area (Å²) in [5.74, 6) is 1.17. The molecular formula is C41H40F2N8O7S2. The van der Waals surface area contributed by atoms with Gasteiger partial charge in [0.1, 0.15) is 17.7 Å². The average molecular weight is 859 g/mol. The zero-order chi connectivity index (χ0) is 43.2. The number of aliphatic hydroxyl groups is 2. The van der Waals surface area contributed by atoms with Gasteiger partial charge in [-0.2, -0.15) is 22.7 Å². The van der Waals surface area contributed by atoms with Crippen LogP contribution in [0.1, 0.15) is 42.0 Å². The van der Waals surface area contributed by atoms with Crippen molar-refractivity contribution in [2.24, 2.45) is 5.84 Å². The lowest BCUT2D eigenvalue weighted by Gasteiger charge is -2.22. The summed E-state index contributed by atoms with van der Waals surface area (Å²) < 4.78 is 26.8. The highest BCUT2D eigenvalue weighted by molar-refractivity contribution is 7.18. The molecule has 0 saturated heterocycles. The molecule has 0 spiro atoms. The van der Waals surface area contributed by atoms with Crippen LogP contribution in [0.2, 0.25) is 0 Å². The van der Waals surface area contributed by atoms with E-state index in [1.165, 1.54) is 72.9 Å². The molecule has 10 N–H and O–H groups in total. The topological polar surface area (TPSA) is 224 Å². The predicted molar refractivity (Wildman–Crippen MR) is 229 cm³/mol. The number of nitrogens with two attached hydrogens (primary N) is 1. The fourth-order valence-corrected chi connectivity index (χ4v) is 6.97. The van der Waals surface area contributed by atoms with Crippen molar-refractivity contribution in [2.75, 3.05) is 10.6 Å². The van der Waals surface area contributed by atoms with Crippen LogP contribution in [0.4, 0.5) is 31.5 Å². The molecule has 2 aromatic heterocycles. The van der Waals surface area contributed by atoms with Crippen LogP contribution in [0.15, 0.2) is 95.7 Å². The van der Waals surface area contributed by atoms with E-state index in [1.807, 2.05) is 28.3 Å². The Morgan fingerprint density at radius 1 is 0.650 bits per heavy atom. The van der Waals surface area contributed by atoms with Crippen molar-refractivity contribution < 1.29 is 43.3 Å². The summed E-state index contributed by atoms with van der Waals surface area (Å²) in [6, 6.07) is 18.1. The van der Waals surface area contributed by atoms with Crippen LogP contribution in [0.5, 0.6) is 0 Å². The summed E-state index contributed by atoms with van der Waals surface area (Å²) in [7, 11) is 0. The summed E-state index contributed by atoms with van der Waals surface area (Å²) >= 11 is 2.84. The van der Waals surface area contributed by atoms with E-state index in [0.29, 0.717) is 28.3 Å². The lowest BCUT2D eigenvalue weighted by molar-refractivity contribution is -0.140. The number of benzene rings is 4. The second kappa shape index (κ2) is 22.2. The van der Waals surface area contributed by atoms with Crippen LogP contribution < -0.4 is 32.8 Å². The number of aliphatic hydroxyl groups excluding tert-OH is 2. The SMILES string of the molecule is C.NNC(=O)c1ccc(F)cc1.[C-]#[N+]c1ccc(N[C@@H](C(=O)NNC(=O)c2ccc(F)cc2)[C@@H](C)O)c2ccsc12.[C-]#[N+]c1ccc(N[C@@H](C(=O)O)[C@@H](C)O)c2ccsc12. The van der Waals surface area contributed by atoms with Crippen molar-refractivity contribution in [3.8, 4) is 0 Å². The number of nitrogens with one attached hydrogen (secondary N) is 5. The van der Waals surface area contributed by atoms with Crippen molar-refractivity contribution in [2.45, 2.75) is 45.6 Å². The van der Waals surface area contributed by atoms with Gasteiger partial charge < -0.3 is 26.0 Å². The van der Waals surface area contributed by atoms with Crippen LogP contribution in [0.25, 0.3) is 29.9 Å². The smallest absolute Gasteiger partial charge is 0.328 e. The molecule has 0 aliphatic rings. The van der Waals surface area contributed by atoms with Gasteiger partial charge in [-0.15, -0.1) is 0 Å². The largest absolute Gasteiger partial charge is 0.480 e. The minimum Gasteiger partial charge on any atom is -0.480 e. The van der Waals surface area contributed by atoms with E-state index in [2.05, 4.69) is 31.2 Å². The Morgan fingerprint density at radius 2 is 1.07 bits per heavy atom. The Bertz CT molecular complexity index is 2520. The third kappa shape index (κ3) is 12.3. The van der Waals surface area contributed by atoms with Gasteiger partial charge in [-0.3, -0.25) is 30.7 Å². The summed E-state index contributed by atoms with van der Waals surface area (Å²) in [4.78, 5) is 53.3. The number of rotatable bonds is 10. The van der Waals surface area contributed by atoms with Crippen LogP contribution in [-0.4, -0.2) is 63.3 Å². The molecule has 19 heteroatoms. The number of fused-ring (bicyclic) bond motifs is 2. The molecule has 6 aromatic rings. The Balaban J connectivity index is 0.000000265. The molecule has 4 aromatic carbocycles. The second-order valence-corrected chi connectivity index (χ2v) is 14.1. The van der Waals surface area contributed by atoms with Crippen LogP contribution in [0, 0.1) is 24.8 Å². The molecule has 0 saturated carbocycles. The van der Waals surface area contributed by atoms with Gasteiger partial charge in [0, 0.05) is 42.7 Å². The van der Waals surface area contributed by atoms with E-state index in [4.69, 9.17) is 24.1 Å². The van der Waals surface area contributed by atoms with Gasteiger partial charge >= 0.3 is 5.97 Å². The van der Waals surface area contributed by atoms with E-state index >= 15 is 0 Å². The number of aliphatic carboxylic acids is 1. The molecule has 2 heterocycles. The number of carbonyl (C=O) groups excluding carboxylic acids is 3. The maximum Gasteiger partial charge on any atom is 0.328 e. The standard InChI is InChI=1S/C20H17FN4O3S.C13H12N2O3S.C7H7FN2O.CH4/c1-11(26)17(20(28)25-24-19(27)12-3-5-13(21)6-4-12)23-15-7-8-16(22-2)18-14(15)9-10-29-18;1-7(16)11(13(17)18)15-9-3-4-10(14-2)12-8(9)5-6-19-12;8-6-3-1-5(2-4-6)7(11)10-9;/h3-11,17,23,26H,1H3,(H,24,27)(H,25,28);3-7,11,15-16H,1H3,(H,17,18);1-4H,9H2,(H,10,11);1H4/t11-,17-;7-,11-;;/m11../s1. The highest BCUT2D eigenvalue weighted by Crippen LogP contribution is 2.37. The maximum absolute atomic E-state index is 12.9. The van der Waals surface area contributed by atoms with E-state index in [9.17, 15) is 38.2 Å².